The summed E-state index contributed by atoms with van der Waals surface area (Å²) >= 11 is 0. The Hall–Kier alpha value is -1.19. The molecule has 0 aromatic heterocycles. The van der Waals surface area contributed by atoms with Crippen LogP contribution in [0.15, 0.2) is 30.3 Å². The van der Waals surface area contributed by atoms with Crippen molar-refractivity contribution in [3.05, 3.63) is 35.9 Å². The van der Waals surface area contributed by atoms with Gasteiger partial charge in [0, 0.05) is 6.61 Å². The monoisotopic (exact) mass is 432 g/mol. The highest BCUT2D eigenvalue weighted by molar-refractivity contribution is 5.56. The molecule has 1 aromatic carbocycles. The van der Waals surface area contributed by atoms with Crippen LogP contribution in [-0.2, 0) is 20.9 Å². The molecule has 0 amide bonds. The van der Waals surface area contributed by atoms with Crippen LogP contribution in [-0.4, -0.2) is 25.6 Å². The van der Waals surface area contributed by atoms with Crippen molar-refractivity contribution in [2.45, 2.75) is 122 Å². The average Bonchev–Trinajstić information content (AvgIpc) is 2.81. The Morgan fingerprint density at radius 2 is 1.19 bits per heavy atom. The fourth-order valence-electron chi connectivity index (χ4n) is 3.86. The van der Waals surface area contributed by atoms with Gasteiger partial charge in [0.1, 0.15) is 6.10 Å². The molecular formula is C28H48O3. The molecule has 0 aliphatic heterocycles. The second-order valence-corrected chi connectivity index (χ2v) is 8.85. The van der Waals surface area contributed by atoms with E-state index >= 15 is 0 Å². The Kier molecular flexibility index (Phi) is 19.8. The summed E-state index contributed by atoms with van der Waals surface area (Å²) in [7, 11) is 0. The molecule has 0 saturated heterocycles. The van der Waals surface area contributed by atoms with E-state index in [-0.39, 0.29) is 0 Å². The predicted octanol–water partition coefficient (Wildman–Crippen LogP) is 8.05. The number of hydrogen-bond donors (Lipinski definition) is 0. The van der Waals surface area contributed by atoms with Gasteiger partial charge in [0.15, 0.2) is 6.29 Å². The van der Waals surface area contributed by atoms with E-state index in [0.717, 1.165) is 24.9 Å². The minimum Gasteiger partial charge on any atom is -0.378 e. The third kappa shape index (κ3) is 18.1. The Morgan fingerprint density at radius 3 is 1.68 bits per heavy atom. The zero-order valence-electron chi connectivity index (χ0n) is 20.2. The van der Waals surface area contributed by atoms with Crippen LogP contribution in [0, 0.1) is 0 Å². The largest absolute Gasteiger partial charge is 0.378 e. The van der Waals surface area contributed by atoms with Gasteiger partial charge in [0.2, 0.25) is 0 Å². The van der Waals surface area contributed by atoms with Gasteiger partial charge >= 0.3 is 0 Å². The van der Waals surface area contributed by atoms with Crippen LogP contribution in [0.25, 0.3) is 0 Å². The number of hydrogen-bond acceptors (Lipinski definition) is 3. The number of ether oxygens (including phenoxy) is 2. The maximum absolute atomic E-state index is 11.1. The minimum absolute atomic E-state index is 0.356. The Morgan fingerprint density at radius 1 is 0.710 bits per heavy atom. The normalized spacial score (nSPS) is 12.2. The molecule has 0 spiro atoms. The molecule has 31 heavy (non-hydrogen) atoms. The molecule has 0 N–H and O–H groups in total. The van der Waals surface area contributed by atoms with E-state index in [0.29, 0.717) is 13.2 Å². The molecule has 0 aliphatic carbocycles. The fourth-order valence-corrected chi connectivity index (χ4v) is 3.86. The first-order chi connectivity index (χ1) is 15.4. The van der Waals surface area contributed by atoms with E-state index in [4.69, 9.17) is 9.47 Å². The van der Waals surface area contributed by atoms with E-state index in [2.05, 4.69) is 6.92 Å². The Labute approximate surface area is 192 Å². The first-order valence-electron chi connectivity index (χ1n) is 13.1. The van der Waals surface area contributed by atoms with Gasteiger partial charge in [-0.1, -0.05) is 134 Å². The number of carbonyl (C=O) groups is 1. The number of rotatable bonds is 23. The van der Waals surface area contributed by atoms with Crippen molar-refractivity contribution in [3.63, 3.8) is 0 Å². The lowest BCUT2D eigenvalue weighted by Gasteiger charge is -2.12. The lowest BCUT2D eigenvalue weighted by atomic mass is 10.0. The van der Waals surface area contributed by atoms with E-state index in [1.54, 1.807) is 0 Å². The van der Waals surface area contributed by atoms with Crippen molar-refractivity contribution < 1.29 is 14.3 Å². The molecule has 0 saturated carbocycles. The number of unbranched alkanes of at least 4 members (excludes halogenated alkanes) is 15. The molecule has 0 radical (unpaired) electrons. The van der Waals surface area contributed by atoms with Crippen molar-refractivity contribution in [2.24, 2.45) is 0 Å². The third-order valence-corrected chi connectivity index (χ3v) is 5.88. The molecule has 0 aliphatic rings. The molecule has 0 unspecified atom stereocenters. The van der Waals surface area contributed by atoms with Gasteiger partial charge in [0.25, 0.3) is 0 Å². The van der Waals surface area contributed by atoms with Crippen LogP contribution < -0.4 is 0 Å². The summed E-state index contributed by atoms with van der Waals surface area (Å²) in [5, 5.41) is 0. The number of carbonyl (C=O) groups excluding carboxylic acids is 1. The highest BCUT2D eigenvalue weighted by Gasteiger charge is 2.08. The average molecular weight is 433 g/mol. The number of benzene rings is 1. The molecule has 0 fully saturated rings. The van der Waals surface area contributed by atoms with Crippen LogP contribution in [0.2, 0.25) is 0 Å². The standard InChI is InChI=1S/C28H48O3/c1-2-3-4-5-6-7-8-9-10-11-12-13-14-15-16-20-23-30-26-28(24-29)31-25-27-21-18-17-19-22-27/h17-19,21-22,24,28H,2-16,20,23,25-26H2,1H3/t28-/m0/s1. The summed E-state index contributed by atoms with van der Waals surface area (Å²) in [6, 6.07) is 9.92. The number of aldehydes is 1. The highest BCUT2D eigenvalue weighted by Crippen LogP contribution is 2.13. The summed E-state index contributed by atoms with van der Waals surface area (Å²) in [5.41, 5.74) is 1.08. The van der Waals surface area contributed by atoms with Crippen molar-refractivity contribution in [1.82, 2.24) is 0 Å². The highest BCUT2D eigenvalue weighted by atomic mass is 16.5. The Balaban J connectivity index is 1.78. The molecular weight excluding hydrogens is 384 g/mol. The van der Waals surface area contributed by atoms with Gasteiger partial charge < -0.3 is 14.3 Å². The lowest BCUT2D eigenvalue weighted by Crippen LogP contribution is -2.21. The smallest absolute Gasteiger partial charge is 0.151 e. The SMILES string of the molecule is CCCCCCCCCCCCCCCCCCOC[C@H](C=O)OCc1ccccc1. The quantitative estimate of drug-likeness (QED) is 0.130. The second-order valence-electron chi connectivity index (χ2n) is 8.85. The topological polar surface area (TPSA) is 35.5 Å². The molecule has 1 aromatic rings. The molecule has 3 heteroatoms. The summed E-state index contributed by atoms with van der Waals surface area (Å²) in [6.07, 6.45) is 22.3. The van der Waals surface area contributed by atoms with E-state index in [1.807, 2.05) is 30.3 Å². The maximum Gasteiger partial charge on any atom is 0.151 e. The van der Waals surface area contributed by atoms with Crippen molar-refractivity contribution >= 4 is 6.29 Å². The van der Waals surface area contributed by atoms with Gasteiger partial charge in [0.05, 0.1) is 13.2 Å². The fraction of sp³-hybridized carbons (Fsp3) is 0.750. The van der Waals surface area contributed by atoms with Gasteiger partial charge in [-0.25, -0.2) is 0 Å². The van der Waals surface area contributed by atoms with Crippen LogP contribution in [0.4, 0.5) is 0 Å². The van der Waals surface area contributed by atoms with Crippen molar-refractivity contribution in [3.8, 4) is 0 Å². The van der Waals surface area contributed by atoms with Crippen molar-refractivity contribution in [2.75, 3.05) is 13.2 Å². The van der Waals surface area contributed by atoms with Gasteiger partial charge in [-0.05, 0) is 12.0 Å². The molecule has 0 bridgehead atoms. The van der Waals surface area contributed by atoms with E-state index in [9.17, 15) is 4.79 Å². The summed E-state index contributed by atoms with van der Waals surface area (Å²) < 4.78 is 11.3. The van der Waals surface area contributed by atoms with Crippen LogP contribution in [0.1, 0.15) is 115 Å². The van der Waals surface area contributed by atoms with Crippen LogP contribution in [0.3, 0.4) is 0 Å². The minimum atomic E-state index is -0.471. The van der Waals surface area contributed by atoms with Gasteiger partial charge in [-0.3, -0.25) is 0 Å². The zero-order chi connectivity index (χ0) is 22.2. The first-order valence-corrected chi connectivity index (χ1v) is 13.1. The van der Waals surface area contributed by atoms with E-state index in [1.165, 1.54) is 96.3 Å². The van der Waals surface area contributed by atoms with Gasteiger partial charge in [-0.2, -0.15) is 0 Å². The Bertz CT molecular complexity index is 488. The van der Waals surface area contributed by atoms with Crippen LogP contribution in [0.5, 0.6) is 0 Å². The molecule has 0 heterocycles. The summed E-state index contributed by atoms with van der Waals surface area (Å²) in [5.74, 6) is 0. The third-order valence-electron chi connectivity index (χ3n) is 5.88. The van der Waals surface area contributed by atoms with Crippen LogP contribution >= 0.6 is 0 Å². The first kappa shape index (κ1) is 27.8. The lowest BCUT2D eigenvalue weighted by molar-refractivity contribution is -0.123. The van der Waals surface area contributed by atoms with E-state index < -0.39 is 6.10 Å². The summed E-state index contributed by atoms with van der Waals surface area (Å²) in [4.78, 5) is 11.1. The molecule has 1 rings (SSSR count). The summed E-state index contributed by atoms with van der Waals surface area (Å²) in [6.45, 7) is 3.81. The predicted molar refractivity (Wildman–Crippen MR) is 131 cm³/mol. The van der Waals surface area contributed by atoms with Gasteiger partial charge in [-0.15, -0.1) is 0 Å². The zero-order valence-corrected chi connectivity index (χ0v) is 20.2. The second kappa shape index (κ2) is 22.0. The molecule has 3 nitrogen and oxygen atoms in total. The molecule has 1 atom stereocenters. The maximum atomic E-state index is 11.1. The van der Waals surface area contributed by atoms with Crippen molar-refractivity contribution in [1.29, 1.82) is 0 Å². The molecule has 178 valence electrons.